The molecule has 4 nitrogen and oxygen atoms in total. The van der Waals surface area contributed by atoms with E-state index in [9.17, 15) is 10.2 Å². The van der Waals surface area contributed by atoms with Crippen molar-refractivity contribution < 1.29 is 10.2 Å². The minimum absolute atomic E-state index is 0.433. The van der Waals surface area contributed by atoms with Gasteiger partial charge in [-0.15, -0.1) is 0 Å². The summed E-state index contributed by atoms with van der Waals surface area (Å²) in [5, 5.41) is 19.2. The quantitative estimate of drug-likeness (QED) is 0.880. The first-order valence-electron chi connectivity index (χ1n) is 6.83. The maximum absolute atomic E-state index is 9.61. The smallest absolute Gasteiger partial charge is 0.128 e. The minimum atomic E-state index is -0.686. The number of pyridine rings is 1. The van der Waals surface area contributed by atoms with Crippen molar-refractivity contribution in [3.63, 3.8) is 0 Å². The van der Waals surface area contributed by atoms with Gasteiger partial charge in [-0.25, -0.2) is 4.98 Å². The Balaban J connectivity index is 1.77. The van der Waals surface area contributed by atoms with Gasteiger partial charge in [0.05, 0.1) is 12.2 Å². The van der Waals surface area contributed by atoms with E-state index in [4.69, 9.17) is 0 Å². The normalized spacial score (nSPS) is 22.2. The van der Waals surface area contributed by atoms with Crippen molar-refractivity contribution in [3.8, 4) is 0 Å². The molecule has 0 aliphatic carbocycles. The molecule has 2 atom stereocenters. The van der Waals surface area contributed by atoms with Crippen LogP contribution in [-0.2, 0) is 6.42 Å². The Morgan fingerprint density at radius 2 is 1.65 bits per heavy atom. The molecule has 3 rings (SSSR count). The van der Waals surface area contributed by atoms with E-state index in [1.54, 1.807) is 0 Å². The Labute approximate surface area is 118 Å². The molecule has 1 aliphatic rings. The number of hydrogen-bond acceptors (Lipinski definition) is 4. The van der Waals surface area contributed by atoms with Crippen molar-refractivity contribution in [2.75, 3.05) is 18.0 Å². The van der Waals surface area contributed by atoms with Gasteiger partial charge in [0.25, 0.3) is 0 Å². The molecule has 1 fully saturated rings. The van der Waals surface area contributed by atoms with Crippen LogP contribution in [0.2, 0.25) is 0 Å². The second-order valence-electron chi connectivity index (χ2n) is 5.19. The van der Waals surface area contributed by atoms with Crippen molar-refractivity contribution in [1.29, 1.82) is 0 Å². The van der Waals surface area contributed by atoms with Crippen LogP contribution in [0.4, 0.5) is 5.82 Å². The van der Waals surface area contributed by atoms with Gasteiger partial charge in [-0.05, 0) is 17.7 Å². The number of rotatable bonds is 3. The Kier molecular flexibility index (Phi) is 3.67. The summed E-state index contributed by atoms with van der Waals surface area (Å²) >= 11 is 0. The van der Waals surface area contributed by atoms with Crippen LogP contribution >= 0.6 is 0 Å². The molecule has 1 aliphatic heterocycles. The number of aromatic nitrogens is 1. The fraction of sp³-hybridized carbons (Fsp3) is 0.312. The molecule has 1 aromatic heterocycles. The Hall–Kier alpha value is -1.91. The highest BCUT2D eigenvalue weighted by molar-refractivity contribution is 5.42. The van der Waals surface area contributed by atoms with Crippen LogP contribution in [0, 0.1) is 0 Å². The number of β-amino-alcohol motifs (C(OH)–C–C–N with tert-alkyl or cyclic N) is 2. The zero-order valence-electron chi connectivity index (χ0n) is 11.2. The molecular formula is C16H18N2O2. The first-order valence-corrected chi connectivity index (χ1v) is 6.83. The molecule has 20 heavy (non-hydrogen) atoms. The molecule has 1 saturated heterocycles. The van der Waals surface area contributed by atoms with Crippen molar-refractivity contribution in [1.82, 2.24) is 4.98 Å². The van der Waals surface area contributed by atoms with Crippen LogP contribution < -0.4 is 4.90 Å². The summed E-state index contributed by atoms with van der Waals surface area (Å²) < 4.78 is 0. The summed E-state index contributed by atoms with van der Waals surface area (Å²) in [7, 11) is 0. The Morgan fingerprint density at radius 1 is 0.950 bits per heavy atom. The SMILES string of the molecule is O[C@@H]1CN(c2cccc(Cc3ccccc3)n2)C[C@H]1O. The van der Waals surface area contributed by atoms with E-state index < -0.39 is 12.2 Å². The minimum Gasteiger partial charge on any atom is -0.389 e. The van der Waals surface area contributed by atoms with E-state index in [2.05, 4.69) is 17.1 Å². The van der Waals surface area contributed by atoms with Gasteiger partial charge in [0, 0.05) is 25.2 Å². The summed E-state index contributed by atoms with van der Waals surface area (Å²) in [6.45, 7) is 0.867. The highest BCUT2D eigenvalue weighted by Gasteiger charge is 2.30. The third-order valence-electron chi connectivity index (χ3n) is 3.60. The standard InChI is InChI=1S/C16H18N2O2/c19-14-10-18(11-15(14)20)16-8-4-7-13(17-16)9-12-5-2-1-3-6-12/h1-8,14-15,19-20H,9-11H2/t14-,15-/m1/s1. The molecule has 104 valence electrons. The Bertz CT molecular complexity index is 564. The van der Waals surface area contributed by atoms with Crippen LogP contribution in [0.1, 0.15) is 11.3 Å². The van der Waals surface area contributed by atoms with Crippen molar-refractivity contribution >= 4 is 5.82 Å². The van der Waals surface area contributed by atoms with Gasteiger partial charge in [0.1, 0.15) is 5.82 Å². The van der Waals surface area contributed by atoms with Gasteiger partial charge in [-0.3, -0.25) is 0 Å². The van der Waals surface area contributed by atoms with Crippen LogP contribution in [0.5, 0.6) is 0 Å². The number of anilines is 1. The van der Waals surface area contributed by atoms with Crippen LogP contribution in [0.15, 0.2) is 48.5 Å². The van der Waals surface area contributed by atoms with Crippen molar-refractivity contribution in [3.05, 3.63) is 59.8 Å². The molecule has 0 bridgehead atoms. The van der Waals surface area contributed by atoms with E-state index in [1.165, 1.54) is 5.56 Å². The molecule has 2 heterocycles. The van der Waals surface area contributed by atoms with Gasteiger partial charge >= 0.3 is 0 Å². The number of benzene rings is 1. The third kappa shape index (κ3) is 2.81. The van der Waals surface area contributed by atoms with E-state index >= 15 is 0 Å². The number of hydrogen-bond donors (Lipinski definition) is 2. The maximum Gasteiger partial charge on any atom is 0.128 e. The van der Waals surface area contributed by atoms with Gasteiger partial charge < -0.3 is 15.1 Å². The highest BCUT2D eigenvalue weighted by atomic mass is 16.3. The second-order valence-corrected chi connectivity index (χ2v) is 5.19. The Morgan fingerprint density at radius 3 is 2.35 bits per heavy atom. The average molecular weight is 270 g/mol. The molecular weight excluding hydrogens is 252 g/mol. The van der Waals surface area contributed by atoms with Gasteiger partial charge in [0.15, 0.2) is 0 Å². The lowest BCUT2D eigenvalue weighted by molar-refractivity contribution is 0.0572. The molecule has 0 amide bonds. The van der Waals surface area contributed by atoms with E-state index in [0.29, 0.717) is 13.1 Å². The van der Waals surface area contributed by atoms with Crippen LogP contribution in [0.25, 0.3) is 0 Å². The van der Waals surface area contributed by atoms with E-state index in [1.807, 2.05) is 41.3 Å². The topological polar surface area (TPSA) is 56.6 Å². The monoisotopic (exact) mass is 270 g/mol. The summed E-state index contributed by atoms with van der Waals surface area (Å²) in [6.07, 6.45) is -0.586. The molecule has 4 heteroatoms. The zero-order valence-corrected chi connectivity index (χ0v) is 11.2. The van der Waals surface area contributed by atoms with Gasteiger partial charge in [-0.2, -0.15) is 0 Å². The van der Waals surface area contributed by atoms with Crippen molar-refractivity contribution in [2.24, 2.45) is 0 Å². The number of aliphatic hydroxyl groups excluding tert-OH is 2. The predicted molar refractivity (Wildman–Crippen MR) is 77.7 cm³/mol. The van der Waals surface area contributed by atoms with Gasteiger partial charge in [0.2, 0.25) is 0 Å². The van der Waals surface area contributed by atoms with Crippen molar-refractivity contribution in [2.45, 2.75) is 18.6 Å². The molecule has 0 radical (unpaired) electrons. The fourth-order valence-corrected chi connectivity index (χ4v) is 2.50. The lowest BCUT2D eigenvalue weighted by Crippen LogP contribution is -2.22. The molecule has 1 aromatic carbocycles. The third-order valence-corrected chi connectivity index (χ3v) is 3.60. The summed E-state index contributed by atoms with van der Waals surface area (Å²) in [6, 6.07) is 16.1. The lowest BCUT2D eigenvalue weighted by Gasteiger charge is -2.17. The maximum atomic E-state index is 9.61. The van der Waals surface area contributed by atoms with E-state index in [0.717, 1.165) is 17.9 Å². The molecule has 0 saturated carbocycles. The molecule has 2 N–H and O–H groups in total. The summed E-state index contributed by atoms with van der Waals surface area (Å²) in [4.78, 5) is 6.54. The van der Waals surface area contributed by atoms with E-state index in [-0.39, 0.29) is 0 Å². The predicted octanol–water partition coefficient (Wildman–Crippen LogP) is 1.21. The largest absolute Gasteiger partial charge is 0.389 e. The first-order chi connectivity index (χ1) is 9.72. The molecule has 0 spiro atoms. The summed E-state index contributed by atoms with van der Waals surface area (Å²) in [5.74, 6) is 0.814. The van der Waals surface area contributed by atoms with Crippen LogP contribution in [0.3, 0.4) is 0 Å². The van der Waals surface area contributed by atoms with Gasteiger partial charge in [-0.1, -0.05) is 36.4 Å². The average Bonchev–Trinajstić information content (AvgIpc) is 2.80. The number of aliphatic hydroxyl groups is 2. The fourth-order valence-electron chi connectivity index (χ4n) is 2.50. The first kappa shape index (κ1) is 13.1. The highest BCUT2D eigenvalue weighted by Crippen LogP contribution is 2.19. The number of nitrogens with zero attached hydrogens (tertiary/aromatic N) is 2. The second kappa shape index (κ2) is 5.61. The molecule has 0 unspecified atom stereocenters. The van der Waals surface area contributed by atoms with Crippen LogP contribution in [-0.4, -0.2) is 40.5 Å². The lowest BCUT2D eigenvalue weighted by atomic mass is 10.1. The summed E-state index contributed by atoms with van der Waals surface area (Å²) in [5.41, 5.74) is 2.21. The molecule has 2 aromatic rings. The zero-order chi connectivity index (χ0) is 13.9.